The molecule has 7 heteroatoms. The Bertz CT molecular complexity index is 739. The molecule has 146 valence electrons. The highest BCUT2D eigenvalue weighted by molar-refractivity contribution is 7.09. The third kappa shape index (κ3) is 5.61. The minimum Gasteiger partial charge on any atom is -0.369 e. The summed E-state index contributed by atoms with van der Waals surface area (Å²) in [5.41, 5.74) is 2.35. The fourth-order valence-electron chi connectivity index (χ4n) is 3.22. The van der Waals surface area contributed by atoms with Gasteiger partial charge < -0.3 is 20.4 Å². The highest BCUT2D eigenvalue weighted by atomic mass is 35.5. The third-order valence-electron chi connectivity index (χ3n) is 4.84. The molecule has 1 saturated heterocycles. The van der Waals surface area contributed by atoms with Gasteiger partial charge in [0.05, 0.1) is 0 Å². The van der Waals surface area contributed by atoms with Crippen molar-refractivity contribution < 1.29 is 0 Å². The van der Waals surface area contributed by atoms with Crippen molar-refractivity contribution in [3.05, 3.63) is 51.2 Å². The Hall–Kier alpha value is -1.76. The van der Waals surface area contributed by atoms with Crippen molar-refractivity contribution in [2.45, 2.75) is 13.0 Å². The lowest BCUT2D eigenvalue weighted by Crippen LogP contribution is -2.45. The zero-order valence-electron chi connectivity index (χ0n) is 16.0. The van der Waals surface area contributed by atoms with E-state index in [0.29, 0.717) is 6.54 Å². The van der Waals surface area contributed by atoms with Crippen LogP contribution >= 0.6 is 22.9 Å². The van der Waals surface area contributed by atoms with Gasteiger partial charge in [-0.05, 0) is 37.0 Å². The van der Waals surface area contributed by atoms with Crippen molar-refractivity contribution in [2.75, 3.05) is 51.7 Å². The standard InChI is InChI=1S/C20H28ClN5S/c1-22-20(23-9-8-16-5-4-14-27-16)24-15-17-18(21)6-3-7-19(17)26-12-10-25(2)11-13-26/h3-7,14H,8-13,15H2,1-2H3,(H2,22,23,24). The third-order valence-corrected chi connectivity index (χ3v) is 6.13. The summed E-state index contributed by atoms with van der Waals surface area (Å²) in [5.74, 6) is 0.802. The molecule has 3 rings (SSSR count). The molecule has 27 heavy (non-hydrogen) atoms. The number of hydrogen-bond acceptors (Lipinski definition) is 4. The Morgan fingerprint density at radius 2 is 1.96 bits per heavy atom. The van der Waals surface area contributed by atoms with Gasteiger partial charge in [-0.2, -0.15) is 0 Å². The van der Waals surface area contributed by atoms with Crippen LogP contribution in [0.3, 0.4) is 0 Å². The molecule has 0 amide bonds. The second-order valence-electron chi connectivity index (χ2n) is 6.71. The molecule has 0 aliphatic carbocycles. The SMILES string of the molecule is CN=C(NCCc1cccs1)NCc1c(Cl)cccc1N1CCN(C)CC1. The Kier molecular flexibility index (Phi) is 7.38. The zero-order valence-corrected chi connectivity index (χ0v) is 17.6. The zero-order chi connectivity index (χ0) is 19.1. The van der Waals surface area contributed by atoms with E-state index in [1.54, 1.807) is 18.4 Å². The van der Waals surface area contributed by atoms with Crippen molar-refractivity contribution in [3.63, 3.8) is 0 Å². The molecular formula is C20H28ClN5S. The number of anilines is 1. The van der Waals surface area contributed by atoms with Crippen molar-refractivity contribution in [3.8, 4) is 0 Å². The molecule has 1 aromatic heterocycles. The molecule has 2 heterocycles. The van der Waals surface area contributed by atoms with Crippen LogP contribution in [-0.4, -0.2) is 57.7 Å². The Morgan fingerprint density at radius 1 is 1.15 bits per heavy atom. The van der Waals surface area contributed by atoms with Crippen LogP contribution in [0.2, 0.25) is 5.02 Å². The Balaban J connectivity index is 1.59. The molecule has 0 atom stereocenters. The van der Waals surface area contributed by atoms with Crippen LogP contribution in [0.4, 0.5) is 5.69 Å². The molecular weight excluding hydrogens is 378 g/mol. The maximum Gasteiger partial charge on any atom is 0.191 e. The smallest absolute Gasteiger partial charge is 0.191 e. The lowest BCUT2D eigenvalue weighted by molar-refractivity contribution is 0.312. The summed E-state index contributed by atoms with van der Waals surface area (Å²) in [4.78, 5) is 10.5. The van der Waals surface area contributed by atoms with Crippen LogP contribution in [0.15, 0.2) is 40.7 Å². The van der Waals surface area contributed by atoms with Gasteiger partial charge in [0.1, 0.15) is 0 Å². The van der Waals surface area contributed by atoms with Gasteiger partial charge in [0, 0.05) is 67.5 Å². The molecule has 0 spiro atoms. The van der Waals surface area contributed by atoms with Gasteiger partial charge in [0.15, 0.2) is 5.96 Å². The molecule has 0 saturated carbocycles. The first-order valence-corrected chi connectivity index (χ1v) is 10.6. The lowest BCUT2D eigenvalue weighted by Gasteiger charge is -2.35. The summed E-state index contributed by atoms with van der Waals surface area (Å²) < 4.78 is 0. The summed E-state index contributed by atoms with van der Waals surface area (Å²) in [6.07, 6.45) is 0.997. The number of nitrogens with one attached hydrogen (secondary N) is 2. The van der Waals surface area contributed by atoms with Crippen LogP contribution in [0.25, 0.3) is 0 Å². The van der Waals surface area contributed by atoms with Crippen LogP contribution in [0.5, 0.6) is 0 Å². The maximum atomic E-state index is 6.54. The van der Waals surface area contributed by atoms with Gasteiger partial charge in [-0.25, -0.2) is 0 Å². The van der Waals surface area contributed by atoms with Gasteiger partial charge in [-0.15, -0.1) is 11.3 Å². The van der Waals surface area contributed by atoms with E-state index in [4.69, 9.17) is 11.6 Å². The highest BCUT2D eigenvalue weighted by Crippen LogP contribution is 2.28. The second-order valence-corrected chi connectivity index (χ2v) is 8.15. The van der Waals surface area contributed by atoms with E-state index in [9.17, 15) is 0 Å². The molecule has 1 fully saturated rings. The van der Waals surface area contributed by atoms with Crippen molar-refractivity contribution in [2.24, 2.45) is 4.99 Å². The summed E-state index contributed by atoms with van der Waals surface area (Å²) in [6, 6.07) is 10.4. The summed E-state index contributed by atoms with van der Waals surface area (Å²) in [7, 11) is 3.97. The fraction of sp³-hybridized carbons (Fsp3) is 0.450. The predicted octanol–water partition coefficient (Wildman–Crippen LogP) is 3.06. The van der Waals surface area contributed by atoms with Gasteiger partial charge >= 0.3 is 0 Å². The van der Waals surface area contributed by atoms with E-state index in [1.165, 1.54) is 10.6 Å². The lowest BCUT2D eigenvalue weighted by atomic mass is 10.1. The molecule has 1 aromatic carbocycles. The van der Waals surface area contributed by atoms with E-state index >= 15 is 0 Å². The average Bonchev–Trinajstić information content (AvgIpc) is 3.19. The number of benzene rings is 1. The number of rotatable bonds is 6. The number of halogens is 1. The van der Waals surface area contributed by atoms with E-state index in [1.807, 2.05) is 12.1 Å². The van der Waals surface area contributed by atoms with Crippen molar-refractivity contribution in [1.82, 2.24) is 15.5 Å². The Morgan fingerprint density at radius 3 is 2.67 bits per heavy atom. The minimum atomic E-state index is 0.653. The number of guanidine groups is 1. The summed E-state index contributed by atoms with van der Waals surface area (Å²) >= 11 is 8.33. The maximum absolute atomic E-state index is 6.54. The van der Waals surface area contributed by atoms with Gasteiger partial charge in [0.2, 0.25) is 0 Å². The van der Waals surface area contributed by atoms with Crippen molar-refractivity contribution in [1.29, 1.82) is 0 Å². The highest BCUT2D eigenvalue weighted by Gasteiger charge is 2.18. The second kappa shape index (κ2) is 9.97. The van der Waals surface area contributed by atoms with E-state index < -0.39 is 0 Å². The molecule has 0 radical (unpaired) electrons. The van der Waals surface area contributed by atoms with Gasteiger partial charge in [0.25, 0.3) is 0 Å². The van der Waals surface area contributed by atoms with E-state index in [-0.39, 0.29) is 0 Å². The first kappa shape index (κ1) is 20.0. The molecule has 0 bridgehead atoms. The average molecular weight is 406 g/mol. The largest absolute Gasteiger partial charge is 0.369 e. The number of likely N-dealkylation sites (N-methyl/N-ethyl adjacent to an activating group) is 1. The monoisotopic (exact) mass is 405 g/mol. The predicted molar refractivity (Wildman–Crippen MR) is 117 cm³/mol. The molecule has 1 aliphatic heterocycles. The molecule has 0 unspecified atom stereocenters. The molecule has 1 aliphatic rings. The summed E-state index contributed by atoms with van der Waals surface area (Å²) in [6.45, 7) is 5.71. The molecule has 2 N–H and O–H groups in total. The van der Waals surface area contributed by atoms with E-state index in [0.717, 1.165) is 55.7 Å². The fourth-order valence-corrected chi connectivity index (χ4v) is 4.16. The van der Waals surface area contributed by atoms with Crippen LogP contribution in [0.1, 0.15) is 10.4 Å². The van der Waals surface area contributed by atoms with E-state index in [2.05, 4.69) is 56.1 Å². The number of hydrogen-bond donors (Lipinski definition) is 2. The van der Waals surface area contributed by atoms with Gasteiger partial charge in [-0.1, -0.05) is 23.7 Å². The Labute approximate surface area is 171 Å². The van der Waals surface area contributed by atoms with Gasteiger partial charge in [-0.3, -0.25) is 4.99 Å². The molecule has 5 nitrogen and oxygen atoms in total. The van der Waals surface area contributed by atoms with Crippen LogP contribution < -0.4 is 15.5 Å². The molecule has 2 aromatic rings. The normalized spacial score (nSPS) is 15.8. The number of thiophene rings is 1. The minimum absolute atomic E-state index is 0.653. The summed E-state index contributed by atoms with van der Waals surface area (Å²) in [5, 5.41) is 9.71. The quantitative estimate of drug-likeness (QED) is 0.572. The number of nitrogens with zero attached hydrogens (tertiary/aromatic N) is 3. The topological polar surface area (TPSA) is 42.9 Å². The van der Waals surface area contributed by atoms with Crippen LogP contribution in [-0.2, 0) is 13.0 Å². The number of piperazine rings is 1. The first-order valence-electron chi connectivity index (χ1n) is 9.35. The van der Waals surface area contributed by atoms with Crippen molar-refractivity contribution >= 4 is 34.6 Å². The van der Waals surface area contributed by atoms with Crippen LogP contribution in [0, 0.1) is 0 Å². The number of aliphatic imine (C=N–C) groups is 1. The first-order chi connectivity index (χ1) is 13.2.